The Morgan fingerprint density at radius 2 is 1.37 bits per heavy atom. The minimum Gasteiger partial charge on any atom is -0.492 e. The summed E-state index contributed by atoms with van der Waals surface area (Å²) in [4.78, 5) is 30.3. The summed E-state index contributed by atoms with van der Waals surface area (Å²) in [7, 11) is -4.21. The summed E-state index contributed by atoms with van der Waals surface area (Å²) in [5.74, 6) is -0.406. The molecule has 9 heteroatoms. The number of para-hydroxylation sites is 2. The van der Waals surface area contributed by atoms with Crippen LogP contribution in [0.2, 0.25) is 0 Å². The molecule has 0 bridgehead atoms. The zero-order valence-corrected chi connectivity index (χ0v) is 26.9. The Bertz CT molecular complexity index is 1680. The van der Waals surface area contributed by atoms with Gasteiger partial charge in [-0.15, -0.1) is 0 Å². The molecule has 2 amide bonds. The predicted octanol–water partition coefficient (Wildman–Crippen LogP) is 5.98. The predicted molar refractivity (Wildman–Crippen MR) is 180 cm³/mol. The first-order chi connectivity index (χ1) is 22.4. The van der Waals surface area contributed by atoms with Gasteiger partial charge in [-0.1, -0.05) is 104 Å². The van der Waals surface area contributed by atoms with E-state index < -0.39 is 28.5 Å². The van der Waals surface area contributed by atoms with Crippen molar-refractivity contribution in [2.45, 2.75) is 62.6 Å². The van der Waals surface area contributed by atoms with Crippen LogP contribution in [0.25, 0.3) is 0 Å². The van der Waals surface area contributed by atoms with Gasteiger partial charge in [-0.05, 0) is 55.2 Å². The molecule has 1 aliphatic rings. The third-order valence-electron chi connectivity index (χ3n) is 8.21. The first-order valence-corrected chi connectivity index (χ1v) is 17.3. The van der Waals surface area contributed by atoms with Gasteiger partial charge in [0, 0.05) is 19.0 Å². The van der Waals surface area contributed by atoms with Crippen molar-refractivity contribution >= 4 is 27.5 Å². The second-order valence-corrected chi connectivity index (χ2v) is 13.3. The number of ether oxygens (including phenoxy) is 1. The van der Waals surface area contributed by atoms with Gasteiger partial charge in [0.05, 0.1) is 17.2 Å². The molecule has 0 saturated heterocycles. The number of sulfonamides is 1. The summed E-state index contributed by atoms with van der Waals surface area (Å²) in [5.41, 5.74) is 1.97. The van der Waals surface area contributed by atoms with Crippen molar-refractivity contribution in [2.24, 2.45) is 0 Å². The average Bonchev–Trinajstić information content (AvgIpc) is 3.60. The quantitative estimate of drug-likeness (QED) is 0.183. The lowest BCUT2D eigenvalue weighted by molar-refractivity contribution is -0.140. The van der Waals surface area contributed by atoms with Crippen LogP contribution >= 0.6 is 0 Å². The number of hydrogen-bond acceptors (Lipinski definition) is 5. The summed E-state index contributed by atoms with van der Waals surface area (Å²) in [6.07, 6.45) is 4.17. The fourth-order valence-electron chi connectivity index (χ4n) is 5.88. The molecule has 4 aromatic rings. The van der Waals surface area contributed by atoms with E-state index in [9.17, 15) is 18.0 Å². The molecule has 8 nitrogen and oxygen atoms in total. The van der Waals surface area contributed by atoms with Gasteiger partial charge in [-0.3, -0.25) is 13.9 Å². The Morgan fingerprint density at radius 3 is 2.00 bits per heavy atom. The largest absolute Gasteiger partial charge is 0.492 e. The molecule has 0 aromatic heterocycles. The first kappa shape index (κ1) is 32.8. The lowest BCUT2D eigenvalue weighted by Crippen LogP contribution is -2.54. The number of benzene rings is 4. The van der Waals surface area contributed by atoms with E-state index in [0.29, 0.717) is 12.4 Å². The maximum absolute atomic E-state index is 14.7. The zero-order chi connectivity index (χ0) is 32.4. The van der Waals surface area contributed by atoms with Crippen LogP contribution in [0.1, 0.15) is 43.7 Å². The summed E-state index contributed by atoms with van der Waals surface area (Å²) in [6.45, 7) is 1.72. The van der Waals surface area contributed by atoms with Crippen LogP contribution in [0.4, 0.5) is 5.69 Å². The van der Waals surface area contributed by atoms with Crippen LogP contribution in [0.3, 0.4) is 0 Å². The Balaban J connectivity index is 1.57. The van der Waals surface area contributed by atoms with Gasteiger partial charge >= 0.3 is 0 Å². The molecule has 1 aliphatic carbocycles. The Morgan fingerprint density at radius 1 is 0.804 bits per heavy atom. The molecule has 5 rings (SSSR count). The molecule has 46 heavy (non-hydrogen) atoms. The van der Waals surface area contributed by atoms with Crippen molar-refractivity contribution in [2.75, 3.05) is 17.5 Å². The van der Waals surface area contributed by atoms with E-state index in [2.05, 4.69) is 5.32 Å². The molecule has 4 aromatic carbocycles. The number of carbonyl (C=O) groups excluding carboxylic acids is 2. The number of amides is 2. The molecule has 0 spiro atoms. The molecule has 240 valence electrons. The van der Waals surface area contributed by atoms with Gasteiger partial charge in [0.15, 0.2) is 0 Å². The summed E-state index contributed by atoms with van der Waals surface area (Å²) in [6, 6.07) is 33.1. The molecule has 0 heterocycles. The molecule has 1 atom stereocenters. The molecule has 1 fully saturated rings. The van der Waals surface area contributed by atoms with Crippen molar-refractivity contribution in [1.29, 1.82) is 0 Å². The van der Waals surface area contributed by atoms with Crippen molar-refractivity contribution in [3.05, 3.63) is 126 Å². The minimum absolute atomic E-state index is 0.0449. The van der Waals surface area contributed by atoms with Crippen molar-refractivity contribution in [3.63, 3.8) is 0 Å². The lowest BCUT2D eigenvalue weighted by atomic mass is 10.0. The summed E-state index contributed by atoms with van der Waals surface area (Å²) in [5, 5.41) is 3.20. The number of carbonyl (C=O) groups is 2. The van der Waals surface area contributed by atoms with Crippen LogP contribution < -0.4 is 14.4 Å². The smallest absolute Gasteiger partial charge is 0.264 e. The van der Waals surface area contributed by atoms with Crippen molar-refractivity contribution in [3.8, 4) is 5.75 Å². The van der Waals surface area contributed by atoms with Crippen molar-refractivity contribution < 1.29 is 22.7 Å². The molecule has 1 N–H and O–H groups in total. The average molecular weight is 640 g/mol. The monoisotopic (exact) mass is 639 g/mol. The zero-order valence-electron chi connectivity index (χ0n) is 26.1. The molecule has 0 radical (unpaired) electrons. The number of anilines is 1. The van der Waals surface area contributed by atoms with Gasteiger partial charge in [0.2, 0.25) is 11.8 Å². The summed E-state index contributed by atoms with van der Waals surface area (Å²) >= 11 is 0. The molecular formula is C37H41N3O5S. The van der Waals surface area contributed by atoms with Crippen LogP contribution in [-0.2, 0) is 32.6 Å². The van der Waals surface area contributed by atoms with Gasteiger partial charge in [0.25, 0.3) is 10.0 Å². The highest BCUT2D eigenvalue weighted by Gasteiger charge is 2.36. The first-order valence-electron chi connectivity index (χ1n) is 15.8. The minimum atomic E-state index is -4.21. The fraction of sp³-hybridized carbons (Fsp3) is 0.297. The topological polar surface area (TPSA) is 96.0 Å². The van der Waals surface area contributed by atoms with Crippen LogP contribution in [0.15, 0.2) is 120 Å². The molecule has 0 unspecified atom stereocenters. The second-order valence-electron chi connectivity index (χ2n) is 11.4. The second kappa shape index (κ2) is 15.6. The van der Waals surface area contributed by atoms with E-state index in [1.807, 2.05) is 67.6 Å². The van der Waals surface area contributed by atoms with Gasteiger partial charge in [-0.2, -0.15) is 0 Å². The van der Waals surface area contributed by atoms with E-state index in [1.54, 1.807) is 42.5 Å². The van der Waals surface area contributed by atoms with Crippen LogP contribution in [-0.4, -0.2) is 50.4 Å². The number of hydrogen-bond donors (Lipinski definition) is 1. The van der Waals surface area contributed by atoms with E-state index in [4.69, 9.17) is 4.74 Å². The fourth-order valence-corrected chi connectivity index (χ4v) is 7.32. The maximum atomic E-state index is 14.7. The van der Waals surface area contributed by atoms with E-state index in [0.717, 1.165) is 41.1 Å². The number of rotatable bonds is 14. The normalized spacial score (nSPS) is 13.9. The van der Waals surface area contributed by atoms with Gasteiger partial charge < -0.3 is 15.0 Å². The Labute approximate surface area is 272 Å². The third kappa shape index (κ3) is 8.14. The van der Waals surface area contributed by atoms with E-state index in [1.165, 1.54) is 17.0 Å². The SMILES string of the molecule is CCOc1ccccc1N(CC(=O)N(Cc1ccccc1)[C@H](Cc1ccccc1)C(=O)NC1CCCC1)S(=O)(=O)c1ccccc1. The van der Waals surface area contributed by atoms with Crippen LogP contribution in [0.5, 0.6) is 5.75 Å². The molecule has 1 saturated carbocycles. The van der Waals surface area contributed by atoms with E-state index >= 15 is 0 Å². The van der Waals surface area contributed by atoms with Crippen LogP contribution in [0, 0.1) is 0 Å². The van der Waals surface area contributed by atoms with E-state index in [-0.39, 0.29) is 35.5 Å². The lowest BCUT2D eigenvalue weighted by Gasteiger charge is -2.34. The summed E-state index contributed by atoms with van der Waals surface area (Å²) < 4.78 is 35.4. The van der Waals surface area contributed by atoms with Crippen molar-refractivity contribution in [1.82, 2.24) is 10.2 Å². The Kier molecular flexibility index (Phi) is 11.1. The van der Waals surface area contributed by atoms with Gasteiger partial charge in [0.1, 0.15) is 18.3 Å². The Hall–Kier alpha value is -4.63. The number of nitrogens with zero attached hydrogens (tertiary/aromatic N) is 2. The third-order valence-corrected chi connectivity index (χ3v) is 9.99. The molecule has 0 aliphatic heterocycles. The molecular weight excluding hydrogens is 598 g/mol. The standard InChI is InChI=1S/C37H41N3O5S/c1-2-45-35-25-15-14-24-33(35)40(46(43,44)32-22-10-5-11-23-32)28-36(41)39(27-30-18-8-4-9-19-30)34(26-29-16-6-3-7-17-29)37(42)38-31-20-12-13-21-31/h3-11,14-19,22-25,31,34H,2,12-13,20-21,26-28H2,1H3,(H,38,42)/t34-/m1/s1. The number of nitrogens with one attached hydrogen (secondary N) is 1. The highest BCUT2D eigenvalue weighted by Crippen LogP contribution is 2.33. The van der Waals surface area contributed by atoms with Gasteiger partial charge in [-0.25, -0.2) is 8.42 Å². The highest BCUT2D eigenvalue weighted by molar-refractivity contribution is 7.92. The highest BCUT2D eigenvalue weighted by atomic mass is 32.2. The maximum Gasteiger partial charge on any atom is 0.264 e.